The van der Waals surface area contributed by atoms with Gasteiger partial charge in [-0.05, 0) is 35.9 Å². The van der Waals surface area contributed by atoms with E-state index in [0.717, 1.165) is 11.3 Å². The average Bonchev–Trinajstić information content (AvgIpc) is 2.61. The van der Waals surface area contributed by atoms with Gasteiger partial charge in [-0.2, -0.15) is 0 Å². The summed E-state index contributed by atoms with van der Waals surface area (Å²) in [5, 5.41) is 14.5. The van der Waals surface area contributed by atoms with Crippen LogP contribution in [0, 0.1) is 0 Å². The molecule has 0 bridgehead atoms. The van der Waals surface area contributed by atoms with Crippen molar-refractivity contribution in [2.24, 2.45) is 0 Å². The van der Waals surface area contributed by atoms with E-state index in [1.165, 1.54) is 6.20 Å². The van der Waals surface area contributed by atoms with Gasteiger partial charge in [-0.1, -0.05) is 23.7 Å². The fraction of sp³-hybridized carbons (Fsp3) is 0.158. The molecule has 0 aliphatic carbocycles. The first kappa shape index (κ1) is 17.0. The molecule has 6 heteroatoms. The van der Waals surface area contributed by atoms with Crippen molar-refractivity contribution < 1.29 is 9.90 Å². The molecule has 0 spiro atoms. The average molecular weight is 356 g/mol. The van der Waals surface area contributed by atoms with Crippen LogP contribution in [0.25, 0.3) is 10.9 Å². The molecular formula is C19H18ClN3O2. The normalized spacial score (nSPS) is 10.7. The summed E-state index contributed by atoms with van der Waals surface area (Å²) in [5.41, 5.74) is 2.62. The fourth-order valence-corrected chi connectivity index (χ4v) is 2.62. The lowest BCUT2D eigenvalue weighted by Gasteiger charge is -2.14. The van der Waals surface area contributed by atoms with Crippen LogP contribution in [0.3, 0.4) is 0 Å². The number of aromatic hydroxyl groups is 1. The predicted octanol–water partition coefficient (Wildman–Crippen LogP) is 3.59. The first-order chi connectivity index (χ1) is 12.0. The summed E-state index contributed by atoms with van der Waals surface area (Å²) in [4.78, 5) is 18.6. The van der Waals surface area contributed by atoms with Gasteiger partial charge in [-0.3, -0.25) is 9.78 Å². The highest BCUT2D eigenvalue weighted by Crippen LogP contribution is 2.30. The van der Waals surface area contributed by atoms with Gasteiger partial charge in [0.15, 0.2) is 0 Å². The number of carbonyl (C=O) groups is 1. The first-order valence-corrected chi connectivity index (χ1v) is 8.15. The number of hydrogen-bond donors (Lipinski definition) is 2. The minimum Gasteiger partial charge on any atom is -0.506 e. The van der Waals surface area contributed by atoms with Crippen LogP contribution in [0.4, 0.5) is 5.69 Å². The lowest BCUT2D eigenvalue weighted by molar-refractivity contribution is 0.0948. The zero-order valence-electron chi connectivity index (χ0n) is 14.0. The number of pyridine rings is 1. The maximum absolute atomic E-state index is 12.4. The summed E-state index contributed by atoms with van der Waals surface area (Å²) in [6, 6.07) is 12.7. The largest absolute Gasteiger partial charge is 0.506 e. The Labute approximate surface area is 150 Å². The third kappa shape index (κ3) is 3.67. The molecule has 0 fully saturated rings. The van der Waals surface area contributed by atoms with Crippen molar-refractivity contribution in [2.75, 3.05) is 19.0 Å². The van der Waals surface area contributed by atoms with E-state index < -0.39 is 0 Å². The molecule has 3 rings (SSSR count). The highest BCUT2D eigenvalue weighted by atomic mass is 35.5. The summed E-state index contributed by atoms with van der Waals surface area (Å²) in [6.45, 7) is 0.339. The number of benzene rings is 2. The number of hydrogen-bond acceptors (Lipinski definition) is 4. The maximum atomic E-state index is 12.4. The van der Waals surface area contributed by atoms with E-state index >= 15 is 0 Å². The zero-order valence-corrected chi connectivity index (χ0v) is 14.7. The van der Waals surface area contributed by atoms with Crippen molar-refractivity contribution in [1.29, 1.82) is 0 Å². The Bertz CT molecular complexity index is 924. The molecule has 2 aromatic carbocycles. The molecule has 25 heavy (non-hydrogen) atoms. The van der Waals surface area contributed by atoms with Crippen molar-refractivity contribution in [2.45, 2.75) is 6.54 Å². The molecule has 3 aromatic rings. The van der Waals surface area contributed by atoms with Gasteiger partial charge in [0.25, 0.3) is 5.91 Å². The lowest BCUT2D eigenvalue weighted by atomic mass is 10.1. The Hall–Kier alpha value is -2.79. The standard InChI is InChI=1S/C19H18ClN3O2/c1-23(2)14-7-8-17-15(9-14)18(24)16(11-21-17)19(25)22-10-12-3-5-13(20)6-4-12/h3-9,11H,10H2,1-2H3,(H,21,24)(H,22,25). The Kier molecular flexibility index (Phi) is 4.76. The summed E-state index contributed by atoms with van der Waals surface area (Å²) in [5.74, 6) is -0.445. The van der Waals surface area contributed by atoms with E-state index in [-0.39, 0.29) is 17.2 Å². The molecule has 0 aliphatic heterocycles. The monoisotopic (exact) mass is 355 g/mol. The van der Waals surface area contributed by atoms with E-state index in [1.54, 1.807) is 12.1 Å². The molecule has 1 heterocycles. The van der Waals surface area contributed by atoms with Crippen LogP contribution < -0.4 is 10.2 Å². The minimum atomic E-state index is -0.378. The number of amides is 1. The van der Waals surface area contributed by atoms with Gasteiger partial charge < -0.3 is 15.3 Å². The zero-order chi connectivity index (χ0) is 18.0. The number of fused-ring (bicyclic) bond motifs is 1. The quantitative estimate of drug-likeness (QED) is 0.750. The maximum Gasteiger partial charge on any atom is 0.256 e. The molecule has 0 aliphatic rings. The molecular weight excluding hydrogens is 338 g/mol. The summed E-state index contributed by atoms with van der Waals surface area (Å²) < 4.78 is 0. The highest BCUT2D eigenvalue weighted by Gasteiger charge is 2.15. The molecule has 128 valence electrons. The predicted molar refractivity (Wildman–Crippen MR) is 100 cm³/mol. The van der Waals surface area contributed by atoms with E-state index in [2.05, 4.69) is 10.3 Å². The number of anilines is 1. The van der Waals surface area contributed by atoms with Crippen LogP contribution in [0.15, 0.2) is 48.7 Å². The van der Waals surface area contributed by atoms with Gasteiger partial charge in [-0.15, -0.1) is 0 Å². The Morgan fingerprint density at radius 3 is 2.60 bits per heavy atom. The molecule has 1 amide bonds. The van der Waals surface area contributed by atoms with Crippen LogP contribution in [0.5, 0.6) is 5.75 Å². The van der Waals surface area contributed by atoms with E-state index in [1.807, 2.05) is 49.3 Å². The molecule has 0 saturated heterocycles. The van der Waals surface area contributed by atoms with E-state index in [0.29, 0.717) is 22.5 Å². The van der Waals surface area contributed by atoms with Gasteiger partial charge in [0.05, 0.1) is 5.52 Å². The van der Waals surface area contributed by atoms with E-state index in [9.17, 15) is 9.90 Å². The van der Waals surface area contributed by atoms with Gasteiger partial charge in [0, 0.05) is 42.9 Å². The van der Waals surface area contributed by atoms with Crippen molar-refractivity contribution in [1.82, 2.24) is 10.3 Å². The van der Waals surface area contributed by atoms with Crippen molar-refractivity contribution >= 4 is 34.1 Å². The smallest absolute Gasteiger partial charge is 0.256 e. The van der Waals surface area contributed by atoms with Gasteiger partial charge >= 0.3 is 0 Å². The third-order valence-electron chi connectivity index (χ3n) is 3.95. The number of carbonyl (C=O) groups excluding carboxylic acids is 1. The van der Waals surface area contributed by atoms with Crippen molar-refractivity contribution in [3.63, 3.8) is 0 Å². The van der Waals surface area contributed by atoms with Crippen LogP contribution in [-0.2, 0) is 6.54 Å². The molecule has 5 nitrogen and oxygen atoms in total. The number of halogens is 1. The molecule has 1 aromatic heterocycles. The molecule has 2 N–H and O–H groups in total. The van der Waals surface area contributed by atoms with E-state index in [4.69, 9.17) is 11.6 Å². The second-order valence-electron chi connectivity index (χ2n) is 5.93. The number of nitrogens with zero attached hydrogens (tertiary/aromatic N) is 2. The number of aromatic nitrogens is 1. The first-order valence-electron chi connectivity index (χ1n) is 7.77. The summed E-state index contributed by atoms with van der Waals surface area (Å²) in [6.07, 6.45) is 1.39. The lowest BCUT2D eigenvalue weighted by Crippen LogP contribution is -2.23. The highest BCUT2D eigenvalue weighted by molar-refractivity contribution is 6.30. The second-order valence-corrected chi connectivity index (χ2v) is 6.36. The van der Waals surface area contributed by atoms with Crippen LogP contribution >= 0.6 is 11.6 Å². The Balaban J connectivity index is 1.85. The van der Waals surface area contributed by atoms with Gasteiger partial charge in [0.1, 0.15) is 11.3 Å². The molecule has 0 saturated carbocycles. The summed E-state index contributed by atoms with van der Waals surface area (Å²) in [7, 11) is 3.82. The SMILES string of the molecule is CN(C)c1ccc2ncc(C(=O)NCc3ccc(Cl)cc3)c(O)c2c1. The molecule has 0 unspecified atom stereocenters. The number of rotatable bonds is 4. The van der Waals surface area contributed by atoms with Crippen molar-refractivity contribution in [3.8, 4) is 5.75 Å². The molecule has 0 atom stereocenters. The van der Waals surface area contributed by atoms with Crippen LogP contribution in [0.1, 0.15) is 15.9 Å². The second kappa shape index (κ2) is 6.99. The fourth-order valence-electron chi connectivity index (χ4n) is 2.49. The van der Waals surface area contributed by atoms with Crippen LogP contribution in [0.2, 0.25) is 5.02 Å². The van der Waals surface area contributed by atoms with Crippen LogP contribution in [-0.4, -0.2) is 30.1 Å². The number of nitrogens with one attached hydrogen (secondary N) is 1. The van der Waals surface area contributed by atoms with Gasteiger partial charge in [-0.25, -0.2) is 0 Å². The minimum absolute atomic E-state index is 0.0673. The topological polar surface area (TPSA) is 65.5 Å². The Morgan fingerprint density at radius 1 is 1.20 bits per heavy atom. The molecule has 0 radical (unpaired) electrons. The van der Waals surface area contributed by atoms with Gasteiger partial charge in [0.2, 0.25) is 0 Å². The van der Waals surface area contributed by atoms with Crippen molar-refractivity contribution in [3.05, 3.63) is 64.8 Å². The third-order valence-corrected chi connectivity index (χ3v) is 4.20. The Morgan fingerprint density at radius 2 is 1.92 bits per heavy atom. The summed E-state index contributed by atoms with van der Waals surface area (Å²) >= 11 is 5.85.